The van der Waals surface area contributed by atoms with Gasteiger partial charge in [0.05, 0.1) is 0 Å². The maximum Gasteiger partial charge on any atom is 0.417 e. The van der Waals surface area contributed by atoms with Crippen molar-refractivity contribution in [2.24, 2.45) is 0 Å². The summed E-state index contributed by atoms with van der Waals surface area (Å²) in [5.74, 6) is 0. The van der Waals surface area contributed by atoms with E-state index in [4.69, 9.17) is 0 Å². The summed E-state index contributed by atoms with van der Waals surface area (Å²) in [5, 5.41) is 4.02. The topological polar surface area (TPSA) is 43.1 Å². The fourth-order valence-corrected chi connectivity index (χ4v) is 0.650. The molecule has 0 aliphatic carbocycles. The van der Waals surface area contributed by atoms with Crippen LogP contribution in [0.1, 0.15) is 5.01 Å². The highest BCUT2D eigenvalue weighted by atomic mass is 32.1. The standard InChI is InChI=1S/C3H3NO2S/c1-2-4-6-3(5)7-2/h1H3. The molecule has 0 radical (unpaired) electrons. The Hall–Kier alpha value is -0.640. The van der Waals surface area contributed by atoms with Crippen LogP contribution in [-0.2, 0) is 0 Å². The van der Waals surface area contributed by atoms with E-state index in [9.17, 15) is 4.79 Å². The Morgan fingerprint density at radius 2 is 2.57 bits per heavy atom. The summed E-state index contributed by atoms with van der Waals surface area (Å²) < 4.78 is 4.18. The molecule has 0 amide bonds. The van der Waals surface area contributed by atoms with Crippen LogP contribution in [0, 0.1) is 6.92 Å². The Morgan fingerprint density at radius 1 is 1.86 bits per heavy atom. The SMILES string of the molecule is Cc1noc(=O)s1. The van der Waals surface area contributed by atoms with Gasteiger partial charge in [-0.05, 0) is 18.3 Å². The third kappa shape index (κ3) is 0.866. The second kappa shape index (κ2) is 1.46. The lowest BCUT2D eigenvalue weighted by atomic mass is 10.9. The molecule has 0 saturated heterocycles. The van der Waals surface area contributed by atoms with Gasteiger partial charge in [-0.25, -0.2) is 4.79 Å². The zero-order valence-corrected chi connectivity index (χ0v) is 4.49. The van der Waals surface area contributed by atoms with Crippen molar-refractivity contribution in [2.45, 2.75) is 6.92 Å². The molecule has 7 heavy (non-hydrogen) atoms. The highest BCUT2D eigenvalue weighted by Crippen LogP contribution is 1.90. The predicted molar refractivity (Wildman–Crippen MR) is 25.4 cm³/mol. The molecule has 0 unspecified atom stereocenters. The van der Waals surface area contributed by atoms with Crippen LogP contribution in [0.15, 0.2) is 9.32 Å². The molecule has 1 heterocycles. The van der Waals surface area contributed by atoms with E-state index in [0.717, 1.165) is 11.3 Å². The van der Waals surface area contributed by atoms with Crippen molar-refractivity contribution in [3.05, 3.63) is 14.7 Å². The summed E-state index contributed by atoms with van der Waals surface area (Å²) in [6, 6.07) is 0. The van der Waals surface area contributed by atoms with E-state index in [1.165, 1.54) is 0 Å². The average molecular weight is 117 g/mol. The van der Waals surface area contributed by atoms with Crippen LogP contribution in [0.4, 0.5) is 0 Å². The third-order valence-corrected chi connectivity index (χ3v) is 1.09. The number of nitrogens with zero attached hydrogens (tertiary/aromatic N) is 1. The molecule has 1 rings (SSSR count). The molecule has 0 bridgehead atoms. The Balaban J connectivity index is 3.30. The molecule has 1 aromatic heterocycles. The van der Waals surface area contributed by atoms with E-state index in [-0.39, 0.29) is 4.94 Å². The summed E-state index contributed by atoms with van der Waals surface area (Å²) in [5.41, 5.74) is 0. The number of hydrogen-bond acceptors (Lipinski definition) is 4. The Kier molecular flexibility index (Phi) is 0.941. The van der Waals surface area contributed by atoms with Gasteiger partial charge < -0.3 is 4.52 Å². The predicted octanol–water partition coefficient (Wildman–Crippen LogP) is 0.405. The van der Waals surface area contributed by atoms with Gasteiger partial charge in [0.1, 0.15) is 5.01 Å². The van der Waals surface area contributed by atoms with Crippen LogP contribution in [0.5, 0.6) is 0 Å². The molecule has 3 nitrogen and oxygen atoms in total. The van der Waals surface area contributed by atoms with Crippen molar-refractivity contribution in [3.8, 4) is 0 Å². The van der Waals surface area contributed by atoms with Gasteiger partial charge in [0, 0.05) is 0 Å². The zero-order chi connectivity index (χ0) is 5.28. The quantitative estimate of drug-likeness (QED) is 0.494. The van der Waals surface area contributed by atoms with Crippen molar-refractivity contribution < 1.29 is 4.52 Å². The first-order valence-corrected chi connectivity index (χ1v) is 2.54. The Bertz CT molecular complexity index is 201. The lowest BCUT2D eigenvalue weighted by molar-refractivity contribution is 0.390. The minimum absolute atomic E-state index is 0.336. The average Bonchev–Trinajstić information content (AvgIpc) is 1.87. The second-order valence-electron chi connectivity index (χ2n) is 1.05. The summed E-state index contributed by atoms with van der Waals surface area (Å²) in [6.45, 7) is 1.72. The van der Waals surface area contributed by atoms with Crippen LogP contribution in [0.25, 0.3) is 0 Å². The summed E-state index contributed by atoms with van der Waals surface area (Å²) in [4.78, 5) is 9.74. The van der Waals surface area contributed by atoms with E-state index in [1.54, 1.807) is 6.92 Å². The van der Waals surface area contributed by atoms with Crippen molar-refractivity contribution in [1.29, 1.82) is 0 Å². The van der Waals surface area contributed by atoms with Crippen LogP contribution in [-0.4, -0.2) is 5.16 Å². The van der Waals surface area contributed by atoms with E-state index in [2.05, 4.69) is 9.68 Å². The molecule has 0 spiro atoms. The van der Waals surface area contributed by atoms with Gasteiger partial charge in [0.2, 0.25) is 0 Å². The number of rotatable bonds is 0. The monoisotopic (exact) mass is 117 g/mol. The van der Waals surface area contributed by atoms with Crippen molar-refractivity contribution in [2.75, 3.05) is 0 Å². The molecule has 0 aliphatic heterocycles. The van der Waals surface area contributed by atoms with E-state index in [1.807, 2.05) is 0 Å². The van der Waals surface area contributed by atoms with Crippen LogP contribution in [0.3, 0.4) is 0 Å². The van der Waals surface area contributed by atoms with Crippen LogP contribution >= 0.6 is 11.3 Å². The maximum absolute atomic E-state index is 10.1. The Labute approximate surface area is 43.6 Å². The van der Waals surface area contributed by atoms with Gasteiger partial charge in [-0.3, -0.25) is 0 Å². The second-order valence-corrected chi connectivity index (χ2v) is 2.18. The van der Waals surface area contributed by atoms with E-state index >= 15 is 0 Å². The molecule has 0 N–H and O–H groups in total. The maximum atomic E-state index is 10.1. The number of hydrogen-bond donors (Lipinski definition) is 0. The van der Waals surface area contributed by atoms with Crippen LogP contribution in [0.2, 0.25) is 0 Å². The number of aryl methyl sites for hydroxylation is 1. The fraction of sp³-hybridized carbons (Fsp3) is 0.333. The number of aromatic nitrogens is 1. The summed E-state index contributed by atoms with van der Waals surface area (Å²) in [7, 11) is 0. The Morgan fingerprint density at radius 3 is 2.71 bits per heavy atom. The van der Waals surface area contributed by atoms with Gasteiger partial charge in [-0.2, -0.15) is 0 Å². The van der Waals surface area contributed by atoms with Crippen molar-refractivity contribution in [3.63, 3.8) is 0 Å². The summed E-state index contributed by atoms with van der Waals surface area (Å²) in [6.07, 6.45) is 0. The fourth-order valence-electron chi connectivity index (χ4n) is 0.259. The van der Waals surface area contributed by atoms with Gasteiger partial charge in [-0.15, -0.1) is 0 Å². The molecule has 38 valence electrons. The molecule has 0 atom stereocenters. The van der Waals surface area contributed by atoms with E-state index in [0.29, 0.717) is 5.01 Å². The summed E-state index contributed by atoms with van der Waals surface area (Å²) >= 11 is 1.01. The minimum Gasteiger partial charge on any atom is -0.302 e. The van der Waals surface area contributed by atoms with Gasteiger partial charge in [0.15, 0.2) is 0 Å². The molecule has 0 aliphatic rings. The largest absolute Gasteiger partial charge is 0.417 e. The smallest absolute Gasteiger partial charge is 0.302 e. The molecular weight excluding hydrogens is 114 g/mol. The molecule has 0 fully saturated rings. The lowest BCUT2D eigenvalue weighted by Crippen LogP contribution is -1.79. The molecule has 1 aromatic rings. The molecule has 0 aromatic carbocycles. The highest BCUT2D eigenvalue weighted by molar-refractivity contribution is 7.08. The van der Waals surface area contributed by atoms with Gasteiger partial charge >= 0.3 is 4.94 Å². The third-order valence-electron chi connectivity index (χ3n) is 0.480. The minimum atomic E-state index is -0.336. The molecule has 4 heteroatoms. The zero-order valence-electron chi connectivity index (χ0n) is 3.67. The lowest BCUT2D eigenvalue weighted by Gasteiger charge is -1.59. The first kappa shape index (κ1) is 4.52. The highest BCUT2D eigenvalue weighted by Gasteiger charge is 1.89. The first-order valence-electron chi connectivity index (χ1n) is 1.72. The molecule has 0 saturated carbocycles. The van der Waals surface area contributed by atoms with Crippen molar-refractivity contribution in [1.82, 2.24) is 5.16 Å². The molecular formula is C3H3NO2S. The van der Waals surface area contributed by atoms with Gasteiger partial charge in [-0.1, -0.05) is 5.16 Å². The first-order chi connectivity index (χ1) is 3.29. The van der Waals surface area contributed by atoms with E-state index < -0.39 is 0 Å². The normalized spacial score (nSPS) is 9.29. The van der Waals surface area contributed by atoms with Gasteiger partial charge in [0.25, 0.3) is 0 Å². The van der Waals surface area contributed by atoms with Crippen LogP contribution < -0.4 is 4.94 Å². The van der Waals surface area contributed by atoms with Crippen molar-refractivity contribution >= 4 is 11.3 Å².